The van der Waals surface area contributed by atoms with E-state index in [1.165, 1.54) is 13.2 Å². The van der Waals surface area contributed by atoms with Crippen molar-refractivity contribution in [3.8, 4) is 5.75 Å². The molecule has 0 fully saturated rings. The average molecular weight is 470 g/mol. The fourth-order valence-electron chi connectivity index (χ4n) is 3.76. The van der Waals surface area contributed by atoms with Crippen LogP contribution in [0.1, 0.15) is 47.8 Å². The normalized spacial score (nSPS) is 12.0. The fourth-order valence-corrected chi connectivity index (χ4v) is 3.89. The quantitative estimate of drug-likeness (QED) is 0.274. The van der Waals surface area contributed by atoms with Crippen molar-refractivity contribution >= 4 is 40.3 Å². The van der Waals surface area contributed by atoms with Gasteiger partial charge in [0, 0.05) is 27.7 Å². The number of allylic oxidation sites excluding steroid dienone is 1. The maximum atomic E-state index is 13.4. The second-order valence-electron chi connectivity index (χ2n) is 7.30. The van der Waals surface area contributed by atoms with Crippen LogP contribution in [0.5, 0.6) is 5.75 Å². The minimum absolute atomic E-state index is 0.270. The second-order valence-corrected chi connectivity index (χ2v) is 7.73. The molecule has 7 nitrogen and oxygen atoms in total. The molecule has 1 unspecified atom stereocenters. The molecule has 0 saturated heterocycles. The van der Waals surface area contributed by atoms with Crippen molar-refractivity contribution < 1.29 is 28.9 Å². The van der Waals surface area contributed by atoms with E-state index in [4.69, 9.17) is 21.2 Å². The van der Waals surface area contributed by atoms with Gasteiger partial charge in [0.25, 0.3) is 5.91 Å². The van der Waals surface area contributed by atoms with Crippen LogP contribution in [0.2, 0.25) is 5.02 Å². The minimum atomic E-state index is -0.792. The van der Waals surface area contributed by atoms with Gasteiger partial charge in [-0.3, -0.25) is 9.36 Å². The van der Waals surface area contributed by atoms with Crippen LogP contribution in [-0.4, -0.2) is 29.5 Å². The largest absolute Gasteiger partial charge is 0.497 e. The van der Waals surface area contributed by atoms with Gasteiger partial charge in [-0.05, 0) is 68.3 Å². The summed E-state index contributed by atoms with van der Waals surface area (Å²) in [6.07, 6.45) is 2.97. The van der Waals surface area contributed by atoms with Gasteiger partial charge in [-0.1, -0.05) is 24.6 Å². The number of ether oxygens (including phenoxy) is 1. The number of benzene rings is 2. The summed E-state index contributed by atoms with van der Waals surface area (Å²) in [6, 6.07) is 11.9. The van der Waals surface area contributed by atoms with E-state index in [0.29, 0.717) is 44.9 Å². The first-order valence-electron chi connectivity index (χ1n) is 10.4. The van der Waals surface area contributed by atoms with E-state index in [1.807, 2.05) is 6.92 Å². The van der Waals surface area contributed by atoms with Crippen molar-refractivity contribution in [3.05, 3.63) is 76.5 Å². The number of carbonyl (C=O) groups excluding carboxylic acids is 3. The van der Waals surface area contributed by atoms with E-state index in [2.05, 4.69) is 4.89 Å². The van der Waals surface area contributed by atoms with Crippen LogP contribution in [0.25, 0.3) is 10.9 Å². The van der Waals surface area contributed by atoms with Crippen molar-refractivity contribution in [1.82, 2.24) is 4.57 Å². The summed E-state index contributed by atoms with van der Waals surface area (Å²) in [5.41, 5.74) is 2.22. The molecule has 0 saturated carbocycles. The van der Waals surface area contributed by atoms with Crippen molar-refractivity contribution in [2.24, 2.45) is 0 Å². The SMILES string of the molecule is C/C=C/C(=O)OOC(=O)C(CC)c1c(C)n(C(=O)c2ccc(Cl)cc2)c2ccc(OC)cc12. The lowest BCUT2D eigenvalue weighted by atomic mass is 9.94. The second kappa shape index (κ2) is 10.4. The molecule has 1 aromatic heterocycles. The maximum absolute atomic E-state index is 13.4. The predicted molar refractivity (Wildman–Crippen MR) is 124 cm³/mol. The van der Waals surface area contributed by atoms with Crippen LogP contribution >= 0.6 is 11.6 Å². The molecule has 0 bridgehead atoms. The predicted octanol–water partition coefficient (Wildman–Crippen LogP) is 5.37. The molecule has 0 amide bonds. The Bertz CT molecular complexity index is 1230. The van der Waals surface area contributed by atoms with Crippen LogP contribution in [0.3, 0.4) is 0 Å². The van der Waals surface area contributed by atoms with Gasteiger partial charge < -0.3 is 4.74 Å². The molecule has 0 radical (unpaired) electrons. The lowest BCUT2D eigenvalue weighted by Gasteiger charge is -2.14. The molecule has 2 aromatic carbocycles. The Morgan fingerprint density at radius 2 is 1.79 bits per heavy atom. The van der Waals surface area contributed by atoms with E-state index in [9.17, 15) is 14.4 Å². The van der Waals surface area contributed by atoms with Gasteiger partial charge >= 0.3 is 11.9 Å². The highest BCUT2D eigenvalue weighted by Gasteiger charge is 2.31. The van der Waals surface area contributed by atoms with Gasteiger partial charge in [-0.2, -0.15) is 0 Å². The van der Waals surface area contributed by atoms with Crippen LogP contribution in [-0.2, 0) is 19.4 Å². The zero-order valence-corrected chi connectivity index (χ0v) is 19.5. The number of fused-ring (bicyclic) bond motifs is 1. The van der Waals surface area contributed by atoms with Crippen LogP contribution in [0.15, 0.2) is 54.6 Å². The van der Waals surface area contributed by atoms with Crippen molar-refractivity contribution in [2.45, 2.75) is 33.1 Å². The molecular weight excluding hydrogens is 446 g/mol. The van der Waals surface area contributed by atoms with Gasteiger partial charge in [0.1, 0.15) is 5.75 Å². The Kier molecular flexibility index (Phi) is 7.55. The van der Waals surface area contributed by atoms with E-state index in [-0.39, 0.29) is 5.91 Å². The van der Waals surface area contributed by atoms with Crippen LogP contribution in [0.4, 0.5) is 0 Å². The number of rotatable bonds is 6. The maximum Gasteiger partial charge on any atom is 0.378 e. The topological polar surface area (TPSA) is 83.8 Å². The fraction of sp³-hybridized carbons (Fsp3) is 0.240. The lowest BCUT2D eigenvalue weighted by molar-refractivity contribution is -0.256. The summed E-state index contributed by atoms with van der Waals surface area (Å²) in [5.74, 6) is -2.01. The Morgan fingerprint density at radius 1 is 1.09 bits per heavy atom. The highest BCUT2D eigenvalue weighted by atomic mass is 35.5. The van der Waals surface area contributed by atoms with Crippen LogP contribution < -0.4 is 4.74 Å². The smallest absolute Gasteiger partial charge is 0.378 e. The molecule has 172 valence electrons. The molecule has 0 aliphatic rings. The number of hydrogen-bond donors (Lipinski definition) is 0. The summed E-state index contributed by atoms with van der Waals surface area (Å²) in [7, 11) is 1.54. The molecule has 1 heterocycles. The summed E-state index contributed by atoms with van der Waals surface area (Å²) >= 11 is 5.97. The Balaban J connectivity index is 2.12. The van der Waals surface area contributed by atoms with Crippen molar-refractivity contribution in [2.75, 3.05) is 7.11 Å². The third kappa shape index (κ3) is 4.93. The van der Waals surface area contributed by atoms with E-state index < -0.39 is 17.9 Å². The highest BCUT2D eigenvalue weighted by Crippen LogP contribution is 2.37. The lowest BCUT2D eigenvalue weighted by Crippen LogP contribution is -2.19. The third-order valence-corrected chi connectivity index (χ3v) is 5.56. The van der Waals surface area contributed by atoms with Crippen LogP contribution in [0, 0.1) is 6.92 Å². The molecule has 33 heavy (non-hydrogen) atoms. The third-order valence-electron chi connectivity index (χ3n) is 5.30. The van der Waals surface area contributed by atoms with E-state index in [1.54, 1.807) is 60.9 Å². The molecule has 1 atom stereocenters. The zero-order chi connectivity index (χ0) is 24.1. The Hall–Kier alpha value is -3.58. The van der Waals surface area contributed by atoms with Gasteiger partial charge in [0.15, 0.2) is 0 Å². The number of methoxy groups -OCH3 is 1. The average Bonchev–Trinajstić information content (AvgIpc) is 3.09. The molecule has 0 spiro atoms. The minimum Gasteiger partial charge on any atom is -0.497 e. The number of hydrogen-bond acceptors (Lipinski definition) is 6. The number of aromatic nitrogens is 1. The van der Waals surface area contributed by atoms with Crippen molar-refractivity contribution in [1.29, 1.82) is 0 Å². The Morgan fingerprint density at radius 3 is 2.39 bits per heavy atom. The Labute approximate surface area is 196 Å². The summed E-state index contributed by atoms with van der Waals surface area (Å²) in [4.78, 5) is 47.3. The molecular formula is C25H24ClNO6. The van der Waals surface area contributed by atoms with Crippen molar-refractivity contribution in [3.63, 3.8) is 0 Å². The zero-order valence-electron chi connectivity index (χ0n) is 18.8. The van der Waals surface area contributed by atoms with Gasteiger partial charge in [-0.25, -0.2) is 19.4 Å². The molecule has 0 aliphatic heterocycles. The van der Waals surface area contributed by atoms with Gasteiger partial charge in [0.2, 0.25) is 0 Å². The molecule has 8 heteroatoms. The number of nitrogens with zero attached hydrogens (tertiary/aromatic N) is 1. The van der Waals surface area contributed by atoms with E-state index in [0.717, 1.165) is 6.08 Å². The summed E-state index contributed by atoms with van der Waals surface area (Å²) < 4.78 is 6.91. The molecule has 0 N–H and O–H groups in total. The highest BCUT2D eigenvalue weighted by molar-refractivity contribution is 6.30. The number of carbonyl (C=O) groups is 3. The number of halogens is 1. The first kappa shape index (κ1) is 24.1. The molecule has 3 aromatic rings. The standard InChI is InChI=1S/C25H24ClNO6/c1-5-7-22(28)32-33-25(30)19(6-2)23-15(3)27(21-13-12-18(31-4)14-20(21)23)24(29)16-8-10-17(26)11-9-16/h5,7-14,19H,6H2,1-4H3/b7-5+. The summed E-state index contributed by atoms with van der Waals surface area (Å²) in [6.45, 7) is 5.21. The van der Waals surface area contributed by atoms with Gasteiger partial charge in [0.05, 0.1) is 18.5 Å². The van der Waals surface area contributed by atoms with Gasteiger partial charge in [-0.15, -0.1) is 0 Å². The molecule has 3 rings (SSSR count). The molecule has 0 aliphatic carbocycles. The monoisotopic (exact) mass is 469 g/mol. The first-order valence-corrected chi connectivity index (χ1v) is 10.7. The first-order chi connectivity index (χ1) is 15.8. The summed E-state index contributed by atoms with van der Waals surface area (Å²) in [5, 5.41) is 1.19. The van der Waals surface area contributed by atoms with E-state index >= 15 is 0 Å².